The molecule has 2 rings (SSSR count). The van der Waals surface area contributed by atoms with Gasteiger partial charge in [-0.2, -0.15) is 0 Å². The Balaban J connectivity index is 2.41. The van der Waals surface area contributed by atoms with Gasteiger partial charge in [-0.15, -0.1) is 0 Å². The van der Waals surface area contributed by atoms with Crippen molar-refractivity contribution in [2.24, 2.45) is 0 Å². The van der Waals surface area contributed by atoms with E-state index in [0.717, 1.165) is 0 Å². The highest BCUT2D eigenvalue weighted by Gasteiger charge is 2.25. The highest BCUT2D eigenvalue weighted by molar-refractivity contribution is 7.89. The van der Waals surface area contributed by atoms with Crippen LogP contribution in [0.1, 0.15) is 18.0 Å². The van der Waals surface area contributed by atoms with Gasteiger partial charge in [0.05, 0.1) is 17.4 Å². The van der Waals surface area contributed by atoms with Crippen molar-refractivity contribution in [1.29, 1.82) is 0 Å². The van der Waals surface area contributed by atoms with E-state index >= 15 is 0 Å². The molecule has 0 heterocycles. The molecule has 0 fully saturated rings. The number of carboxylic acids is 1. The lowest BCUT2D eigenvalue weighted by Gasteiger charge is -2.19. The molecule has 128 valence electrons. The molecule has 0 amide bonds. The first-order valence-corrected chi connectivity index (χ1v) is 9.25. The minimum absolute atomic E-state index is 0.149. The standard InChI is InChI=1S/C15H12Cl3NO4S/c16-9-5-10(17)7-11(6-9)24(22,23)19-14(8-15(20)21)12-3-1-2-4-13(12)18/h1-7,14,19H,8H2,(H,20,21). The largest absolute Gasteiger partial charge is 0.481 e. The van der Waals surface area contributed by atoms with Crippen molar-refractivity contribution in [1.82, 2.24) is 4.72 Å². The summed E-state index contributed by atoms with van der Waals surface area (Å²) in [6, 6.07) is 9.21. The van der Waals surface area contributed by atoms with Crippen LogP contribution in [0.2, 0.25) is 15.1 Å². The second kappa shape index (κ2) is 7.72. The molecule has 1 unspecified atom stereocenters. The highest BCUT2D eigenvalue weighted by Crippen LogP contribution is 2.28. The van der Waals surface area contributed by atoms with E-state index in [0.29, 0.717) is 5.56 Å². The molecule has 0 saturated carbocycles. The Bertz CT molecular complexity index is 851. The average Bonchev–Trinajstić information content (AvgIpc) is 2.45. The minimum atomic E-state index is -4.06. The quantitative estimate of drug-likeness (QED) is 0.752. The third-order valence-corrected chi connectivity index (χ3v) is 5.33. The summed E-state index contributed by atoms with van der Waals surface area (Å²) in [7, 11) is -4.06. The number of hydrogen-bond donors (Lipinski definition) is 2. The van der Waals surface area contributed by atoms with E-state index in [1.54, 1.807) is 24.3 Å². The molecule has 0 aromatic heterocycles. The Hall–Kier alpha value is -1.31. The van der Waals surface area contributed by atoms with Gasteiger partial charge < -0.3 is 5.11 Å². The van der Waals surface area contributed by atoms with Crippen LogP contribution in [0.3, 0.4) is 0 Å². The molecule has 24 heavy (non-hydrogen) atoms. The average molecular weight is 409 g/mol. The van der Waals surface area contributed by atoms with Crippen molar-refractivity contribution in [3.8, 4) is 0 Å². The first kappa shape index (κ1) is 19.0. The van der Waals surface area contributed by atoms with E-state index in [4.69, 9.17) is 39.9 Å². The molecule has 2 aromatic rings. The van der Waals surface area contributed by atoms with Crippen molar-refractivity contribution in [2.45, 2.75) is 17.4 Å². The summed E-state index contributed by atoms with van der Waals surface area (Å²) in [4.78, 5) is 10.9. The molecule has 0 saturated heterocycles. The number of hydrogen-bond acceptors (Lipinski definition) is 3. The zero-order valence-corrected chi connectivity index (χ0v) is 15.1. The van der Waals surface area contributed by atoms with E-state index in [1.807, 2.05) is 0 Å². The van der Waals surface area contributed by atoms with Crippen molar-refractivity contribution < 1.29 is 18.3 Å². The fourth-order valence-electron chi connectivity index (χ4n) is 2.09. The number of benzene rings is 2. The molecule has 1 atom stereocenters. The van der Waals surface area contributed by atoms with Crippen LogP contribution < -0.4 is 4.72 Å². The van der Waals surface area contributed by atoms with Crippen LogP contribution in [-0.2, 0) is 14.8 Å². The number of carboxylic acid groups (broad SMARTS) is 1. The van der Waals surface area contributed by atoms with Crippen molar-refractivity contribution in [3.63, 3.8) is 0 Å². The Morgan fingerprint density at radius 1 is 1.08 bits per heavy atom. The number of rotatable bonds is 6. The van der Waals surface area contributed by atoms with E-state index in [1.165, 1.54) is 18.2 Å². The van der Waals surface area contributed by atoms with Crippen LogP contribution in [0.25, 0.3) is 0 Å². The molecule has 0 aliphatic rings. The van der Waals surface area contributed by atoms with E-state index in [-0.39, 0.29) is 20.0 Å². The Kier molecular flexibility index (Phi) is 6.11. The lowest BCUT2D eigenvalue weighted by molar-refractivity contribution is -0.137. The van der Waals surface area contributed by atoms with Gasteiger partial charge in [-0.25, -0.2) is 13.1 Å². The van der Waals surface area contributed by atoms with Gasteiger partial charge in [0.2, 0.25) is 10.0 Å². The van der Waals surface area contributed by atoms with Gasteiger partial charge in [-0.05, 0) is 29.8 Å². The highest BCUT2D eigenvalue weighted by atomic mass is 35.5. The summed E-state index contributed by atoms with van der Waals surface area (Å²) < 4.78 is 27.4. The maximum atomic E-state index is 12.5. The normalized spacial score (nSPS) is 12.8. The van der Waals surface area contributed by atoms with Crippen LogP contribution in [-0.4, -0.2) is 19.5 Å². The summed E-state index contributed by atoms with van der Waals surface area (Å²) >= 11 is 17.7. The Labute approximate surface area is 154 Å². The minimum Gasteiger partial charge on any atom is -0.481 e. The number of halogens is 3. The zero-order chi connectivity index (χ0) is 17.9. The molecule has 9 heteroatoms. The zero-order valence-electron chi connectivity index (χ0n) is 12.0. The van der Waals surface area contributed by atoms with Gasteiger partial charge in [0.15, 0.2) is 0 Å². The van der Waals surface area contributed by atoms with Gasteiger partial charge in [0.25, 0.3) is 0 Å². The van der Waals surface area contributed by atoms with Gasteiger partial charge in [-0.3, -0.25) is 4.79 Å². The number of aliphatic carboxylic acids is 1. The molecule has 0 spiro atoms. The second-order valence-corrected chi connectivity index (χ2v) is 7.89. The fourth-order valence-corrected chi connectivity index (χ4v) is 4.29. The second-order valence-electron chi connectivity index (χ2n) is 4.90. The van der Waals surface area contributed by atoms with E-state index < -0.39 is 28.5 Å². The maximum absolute atomic E-state index is 12.5. The monoisotopic (exact) mass is 407 g/mol. The first-order valence-electron chi connectivity index (χ1n) is 6.63. The van der Waals surface area contributed by atoms with Gasteiger partial charge >= 0.3 is 5.97 Å². The summed E-state index contributed by atoms with van der Waals surface area (Å²) in [5, 5.41) is 9.63. The van der Waals surface area contributed by atoms with Crippen LogP contribution in [0.15, 0.2) is 47.4 Å². The summed E-state index contributed by atoms with van der Waals surface area (Å²) in [6.45, 7) is 0. The number of nitrogens with one attached hydrogen (secondary N) is 1. The molecular formula is C15H12Cl3NO4S. The summed E-state index contributed by atoms with van der Waals surface area (Å²) in [6.07, 6.45) is -0.475. The molecule has 2 N–H and O–H groups in total. The van der Waals surface area contributed by atoms with Crippen LogP contribution >= 0.6 is 34.8 Å². The molecule has 5 nitrogen and oxygen atoms in total. The van der Waals surface area contributed by atoms with E-state index in [2.05, 4.69) is 4.72 Å². The lowest BCUT2D eigenvalue weighted by Crippen LogP contribution is -2.30. The number of sulfonamides is 1. The first-order chi connectivity index (χ1) is 11.2. The topological polar surface area (TPSA) is 83.5 Å². The molecule has 0 radical (unpaired) electrons. The van der Waals surface area contributed by atoms with Crippen LogP contribution in [0.5, 0.6) is 0 Å². The molecule has 2 aromatic carbocycles. The maximum Gasteiger partial charge on any atom is 0.305 e. The van der Waals surface area contributed by atoms with Gasteiger partial charge in [0.1, 0.15) is 0 Å². The molecule has 0 bridgehead atoms. The number of carbonyl (C=O) groups is 1. The lowest BCUT2D eigenvalue weighted by atomic mass is 10.1. The van der Waals surface area contributed by atoms with Gasteiger partial charge in [0, 0.05) is 15.1 Å². The molecular weight excluding hydrogens is 397 g/mol. The third kappa shape index (κ3) is 4.84. The summed E-state index contributed by atoms with van der Waals surface area (Å²) in [5.74, 6) is -1.17. The molecule has 0 aliphatic heterocycles. The smallest absolute Gasteiger partial charge is 0.305 e. The third-order valence-electron chi connectivity index (χ3n) is 3.10. The Morgan fingerprint density at radius 2 is 1.67 bits per heavy atom. The van der Waals surface area contributed by atoms with Crippen molar-refractivity contribution in [2.75, 3.05) is 0 Å². The van der Waals surface area contributed by atoms with Crippen molar-refractivity contribution in [3.05, 3.63) is 63.1 Å². The predicted molar refractivity (Wildman–Crippen MR) is 93.2 cm³/mol. The Morgan fingerprint density at radius 3 is 2.21 bits per heavy atom. The van der Waals surface area contributed by atoms with E-state index in [9.17, 15) is 13.2 Å². The SMILES string of the molecule is O=C(O)CC(NS(=O)(=O)c1cc(Cl)cc(Cl)c1)c1ccccc1Cl. The summed E-state index contributed by atoms with van der Waals surface area (Å²) in [5.41, 5.74) is 0.360. The molecule has 0 aliphatic carbocycles. The van der Waals surface area contributed by atoms with Gasteiger partial charge in [-0.1, -0.05) is 53.0 Å². The van der Waals surface area contributed by atoms with Crippen LogP contribution in [0, 0.1) is 0 Å². The van der Waals surface area contributed by atoms with Crippen molar-refractivity contribution >= 4 is 50.8 Å². The fraction of sp³-hybridized carbons (Fsp3) is 0.133. The van der Waals surface area contributed by atoms with Crippen LogP contribution in [0.4, 0.5) is 0 Å². The predicted octanol–water partition coefficient (Wildman–Crippen LogP) is 4.14.